The molecule has 0 bridgehead atoms. The predicted octanol–water partition coefficient (Wildman–Crippen LogP) is 7.18. The number of carbonyl (C=O) groups excluding carboxylic acids is 2. The Kier molecular flexibility index (Phi) is 8.87. The highest BCUT2D eigenvalue weighted by Crippen LogP contribution is 2.46. The van der Waals surface area contributed by atoms with E-state index in [2.05, 4.69) is 22.1 Å². The summed E-state index contributed by atoms with van der Waals surface area (Å²) in [5.41, 5.74) is 4.78. The third-order valence-electron chi connectivity index (χ3n) is 8.98. The average molecular weight is 659 g/mol. The lowest BCUT2D eigenvalue weighted by molar-refractivity contribution is 0.0701. The summed E-state index contributed by atoms with van der Waals surface area (Å²) in [4.78, 5) is 48.5. The van der Waals surface area contributed by atoms with Gasteiger partial charge in [0.15, 0.2) is 0 Å². The summed E-state index contributed by atoms with van der Waals surface area (Å²) in [6.07, 6.45) is 4.20. The average Bonchev–Trinajstić information content (AvgIpc) is 3.27. The van der Waals surface area contributed by atoms with Crippen LogP contribution in [-0.2, 0) is 11.2 Å². The van der Waals surface area contributed by atoms with Gasteiger partial charge in [0, 0.05) is 66.7 Å². The Hall–Kier alpha value is -4.25. The topological polar surface area (TPSA) is 112 Å². The van der Waals surface area contributed by atoms with Crippen molar-refractivity contribution in [3.63, 3.8) is 0 Å². The molecule has 0 unspecified atom stereocenters. The van der Waals surface area contributed by atoms with E-state index in [9.17, 15) is 19.5 Å². The maximum Gasteiger partial charge on any atom is 0.347 e. The first-order valence-corrected chi connectivity index (χ1v) is 16.4. The van der Waals surface area contributed by atoms with Gasteiger partial charge in [0.25, 0.3) is 11.8 Å². The number of anilines is 3. The fourth-order valence-corrected chi connectivity index (χ4v) is 7.86. The second-order valence-corrected chi connectivity index (χ2v) is 13.3. The van der Waals surface area contributed by atoms with Gasteiger partial charge >= 0.3 is 5.97 Å². The molecule has 1 saturated heterocycles. The molecule has 0 radical (unpaired) electrons. The molecule has 0 aliphatic carbocycles. The molecular formula is C35H35ClN4O5S. The number of carboxylic acids is 1. The minimum absolute atomic E-state index is 0.105. The molecule has 6 rings (SSSR count). The third kappa shape index (κ3) is 5.88. The van der Waals surface area contributed by atoms with E-state index < -0.39 is 5.97 Å². The summed E-state index contributed by atoms with van der Waals surface area (Å²) in [5.74, 6) is -0.861. The second kappa shape index (κ2) is 12.9. The van der Waals surface area contributed by atoms with Crippen LogP contribution in [-0.4, -0.2) is 61.2 Å². The number of methoxy groups -OCH3 is 1. The molecule has 2 aliphatic heterocycles. The Morgan fingerprint density at radius 2 is 1.87 bits per heavy atom. The minimum atomic E-state index is -1.06. The van der Waals surface area contributed by atoms with Gasteiger partial charge in [-0.1, -0.05) is 36.7 Å². The summed E-state index contributed by atoms with van der Waals surface area (Å²) in [6, 6.07) is 16.2. The highest BCUT2D eigenvalue weighted by Gasteiger charge is 2.42. The van der Waals surface area contributed by atoms with E-state index in [0.717, 1.165) is 58.8 Å². The number of hydrogen-bond donors (Lipinski definition) is 2. The predicted molar refractivity (Wildman–Crippen MR) is 182 cm³/mol. The van der Waals surface area contributed by atoms with Gasteiger partial charge in [-0.2, -0.15) is 0 Å². The number of carbonyl (C=O) groups is 3. The molecule has 2 aromatic carbocycles. The van der Waals surface area contributed by atoms with Crippen LogP contribution >= 0.6 is 22.9 Å². The number of aromatic nitrogens is 1. The van der Waals surface area contributed by atoms with E-state index in [4.69, 9.17) is 16.3 Å². The lowest BCUT2D eigenvalue weighted by Crippen LogP contribution is -2.57. The number of carboxylic acid groups (broad SMARTS) is 1. The van der Waals surface area contributed by atoms with Crippen molar-refractivity contribution >= 4 is 57.9 Å². The van der Waals surface area contributed by atoms with Crippen molar-refractivity contribution in [1.82, 2.24) is 4.98 Å². The first-order valence-electron chi connectivity index (χ1n) is 15.2. The number of halogens is 1. The molecule has 1 fully saturated rings. The van der Waals surface area contributed by atoms with Crippen LogP contribution < -0.4 is 15.1 Å². The van der Waals surface area contributed by atoms with Crippen molar-refractivity contribution in [2.75, 3.05) is 48.5 Å². The number of fused-ring (bicyclic) bond motifs is 3. The van der Waals surface area contributed by atoms with Crippen molar-refractivity contribution in [1.29, 1.82) is 0 Å². The summed E-state index contributed by atoms with van der Waals surface area (Å²) in [5, 5.41) is 12.8. The van der Waals surface area contributed by atoms with Gasteiger partial charge in [-0.05, 0) is 73.7 Å². The van der Waals surface area contributed by atoms with E-state index in [1.165, 1.54) is 0 Å². The number of para-hydroxylation sites is 1. The van der Waals surface area contributed by atoms with E-state index in [1.807, 2.05) is 37.3 Å². The van der Waals surface area contributed by atoms with Crippen molar-refractivity contribution < 1.29 is 24.2 Å². The van der Waals surface area contributed by atoms with Gasteiger partial charge in [0.05, 0.1) is 16.3 Å². The van der Waals surface area contributed by atoms with Crippen LogP contribution in [0.4, 0.5) is 17.2 Å². The molecule has 4 heterocycles. The number of benzene rings is 2. The Morgan fingerprint density at radius 1 is 1.13 bits per heavy atom. The quantitative estimate of drug-likeness (QED) is 0.196. The van der Waals surface area contributed by atoms with Crippen LogP contribution in [0.5, 0.6) is 0 Å². The van der Waals surface area contributed by atoms with Crippen molar-refractivity contribution in [2.45, 2.75) is 33.1 Å². The first-order chi connectivity index (χ1) is 22.1. The summed E-state index contributed by atoms with van der Waals surface area (Å²) in [7, 11) is 1.72. The van der Waals surface area contributed by atoms with Gasteiger partial charge in [0.1, 0.15) is 10.7 Å². The van der Waals surface area contributed by atoms with Gasteiger partial charge in [0.2, 0.25) is 0 Å². The molecule has 2 aliphatic rings. The van der Waals surface area contributed by atoms with Gasteiger partial charge in [-0.15, -0.1) is 11.3 Å². The SMILES string of the molecule is CCC1(CCOC)CN(c2ncc(C)cc2C(=O)Nc2ccc(C(=O)N3CCc4c(sc(C(=O)O)c4Cl)-c4ccccc43)cc2)C1. The van der Waals surface area contributed by atoms with Crippen LogP contribution in [0.1, 0.15) is 61.3 Å². The summed E-state index contributed by atoms with van der Waals surface area (Å²) >= 11 is 7.62. The normalized spacial score (nSPS) is 15.0. The van der Waals surface area contributed by atoms with Gasteiger partial charge < -0.3 is 25.0 Å². The Balaban J connectivity index is 1.19. The number of thiophene rings is 1. The lowest BCUT2D eigenvalue weighted by Gasteiger charge is -2.51. The molecule has 0 atom stereocenters. The monoisotopic (exact) mass is 658 g/mol. The fourth-order valence-electron chi connectivity index (χ4n) is 6.30. The van der Waals surface area contributed by atoms with E-state index in [1.54, 1.807) is 42.5 Å². The molecule has 2 aromatic heterocycles. The molecule has 238 valence electrons. The number of rotatable bonds is 9. The zero-order valence-electron chi connectivity index (χ0n) is 25.9. The number of nitrogens with zero attached hydrogens (tertiary/aromatic N) is 3. The Bertz CT molecular complexity index is 1820. The smallest absolute Gasteiger partial charge is 0.347 e. The van der Waals surface area contributed by atoms with Gasteiger partial charge in [-0.3, -0.25) is 9.59 Å². The van der Waals surface area contributed by atoms with Crippen molar-refractivity contribution in [3.05, 3.63) is 92.9 Å². The number of nitrogens with one attached hydrogen (secondary N) is 1. The molecule has 4 aromatic rings. The second-order valence-electron chi connectivity index (χ2n) is 11.9. The zero-order valence-corrected chi connectivity index (χ0v) is 27.5. The summed E-state index contributed by atoms with van der Waals surface area (Å²) < 4.78 is 5.32. The minimum Gasteiger partial charge on any atom is -0.477 e. The highest BCUT2D eigenvalue weighted by atomic mass is 35.5. The van der Waals surface area contributed by atoms with E-state index in [0.29, 0.717) is 47.9 Å². The number of aryl methyl sites for hydroxylation is 1. The molecule has 0 saturated carbocycles. The van der Waals surface area contributed by atoms with Crippen LogP contribution in [0.3, 0.4) is 0 Å². The molecule has 9 nitrogen and oxygen atoms in total. The van der Waals surface area contributed by atoms with Crippen LogP contribution in [0.25, 0.3) is 10.4 Å². The van der Waals surface area contributed by atoms with Gasteiger partial charge in [-0.25, -0.2) is 9.78 Å². The largest absolute Gasteiger partial charge is 0.477 e. The molecule has 2 amide bonds. The number of pyridine rings is 1. The van der Waals surface area contributed by atoms with E-state index in [-0.39, 0.29) is 27.1 Å². The molecule has 46 heavy (non-hydrogen) atoms. The first kappa shape index (κ1) is 31.7. The number of aromatic carboxylic acids is 1. The van der Waals surface area contributed by atoms with Crippen molar-refractivity contribution in [2.24, 2.45) is 5.41 Å². The zero-order chi connectivity index (χ0) is 32.6. The number of amides is 2. The Labute approximate surface area is 276 Å². The number of hydrogen-bond acceptors (Lipinski definition) is 7. The fraction of sp³-hybridized carbons (Fsp3) is 0.314. The third-order valence-corrected chi connectivity index (χ3v) is 10.8. The molecule has 11 heteroatoms. The van der Waals surface area contributed by atoms with Crippen LogP contribution in [0, 0.1) is 12.3 Å². The molecule has 0 spiro atoms. The molecule has 2 N–H and O–H groups in total. The highest BCUT2D eigenvalue weighted by molar-refractivity contribution is 7.18. The maximum atomic E-state index is 13.8. The lowest BCUT2D eigenvalue weighted by atomic mass is 9.74. The van der Waals surface area contributed by atoms with Crippen LogP contribution in [0.2, 0.25) is 5.02 Å². The Morgan fingerprint density at radius 3 is 2.57 bits per heavy atom. The standard InChI is InChI=1S/C35H35ClN4O5S/c1-4-35(14-16-45-3)19-39(20-35)31-26(17-21(2)18-37-31)32(41)38-23-11-9-22(10-12-23)33(42)40-15-13-25-28(36)30(34(43)44)46-29(25)24-7-5-6-8-27(24)40/h5-12,17-18H,4,13-16,19-20H2,1-3H3,(H,38,41)(H,43,44). The maximum absolute atomic E-state index is 13.8. The van der Waals surface area contributed by atoms with Crippen LogP contribution in [0.15, 0.2) is 60.8 Å². The molecular weight excluding hydrogens is 624 g/mol. The summed E-state index contributed by atoms with van der Waals surface area (Å²) in [6.45, 7) is 6.78. The van der Waals surface area contributed by atoms with Crippen molar-refractivity contribution in [3.8, 4) is 10.4 Å². The van der Waals surface area contributed by atoms with E-state index >= 15 is 0 Å². The number of ether oxygens (including phenoxy) is 1.